The molecule has 1 aliphatic heterocycles. The summed E-state index contributed by atoms with van der Waals surface area (Å²) in [4.78, 5) is 14.5. The predicted molar refractivity (Wildman–Crippen MR) is 117 cm³/mol. The Balaban J connectivity index is 1.34. The van der Waals surface area contributed by atoms with Gasteiger partial charge in [-0.15, -0.1) is 0 Å². The number of aliphatic hydroxyl groups is 1. The Kier molecular flexibility index (Phi) is 7.52. The van der Waals surface area contributed by atoms with E-state index in [2.05, 4.69) is 26.1 Å². The average Bonchev–Trinajstić information content (AvgIpc) is 2.70. The molecule has 1 fully saturated rings. The molecule has 0 spiro atoms. The lowest BCUT2D eigenvalue weighted by Gasteiger charge is -2.38. The predicted octanol–water partition coefficient (Wildman–Crippen LogP) is 4.60. The first kappa shape index (κ1) is 21.3. The summed E-state index contributed by atoms with van der Waals surface area (Å²) in [7, 11) is 0. The van der Waals surface area contributed by atoms with Crippen molar-refractivity contribution in [3.8, 4) is 0 Å². The number of piperidine rings is 1. The number of carbonyl (C=O) groups is 1. The highest BCUT2D eigenvalue weighted by Crippen LogP contribution is 2.33. The standard InChI is InChI=1S/C22H26BrClN2O2/c23-19-7-3-17(4-8-19)21(27)25-13-1-2-14-26-15-11-22(28,12-16-26)18-5-9-20(24)10-6-18/h3-10,28H,1-2,11-16H2,(H,25,27). The number of amides is 1. The zero-order valence-corrected chi connectivity index (χ0v) is 18.2. The molecule has 6 heteroatoms. The van der Waals surface area contributed by atoms with Crippen LogP contribution in [0.1, 0.15) is 41.6 Å². The van der Waals surface area contributed by atoms with Gasteiger partial charge in [0.25, 0.3) is 5.91 Å². The SMILES string of the molecule is O=C(NCCCCN1CCC(O)(c2ccc(Cl)cc2)CC1)c1ccc(Br)cc1. The number of rotatable bonds is 7. The Hall–Kier alpha value is -1.40. The minimum atomic E-state index is -0.750. The van der Waals surface area contributed by atoms with Crippen molar-refractivity contribution in [2.75, 3.05) is 26.2 Å². The minimum Gasteiger partial charge on any atom is -0.385 e. The van der Waals surface area contributed by atoms with Gasteiger partial charge in [0.15, 0.2) is 0 Å². The Labute approximate surface area is 180 Å². The molecular weight excluding hydrogens is 440 g/mol. The Morgan fingerprint density at radius 1 is 1.07 bits per heavy atom. The van der Waals surface area contributed by atoms with E-state index in [4.69, 9.17) is 11.6 Å². The number of hydrogen-bond acceptors (Lipinski definition) is 3. The first-order valence-electron chi connectivity index (χ1n) is 9.71. The zero-order valence-electron chi connectivity index (χ0n) is 15.8. The fourth-order valence-corrected chi connectivity index (χ4v) is 3.95. The Morgan fingerprint density at radius 3 is 2.36 bits per heavy atom. The molecule has 2 aromatic rings. The normalized spacial score (nSPS) is 16.7. The lowest BCUT2D eigenvalue weighted by atomic mass is 9.84. The molecule has 1 saturated heterocycles. The lowest BCUT2D eigenvalue weighted by Crippen LogP contribution is -2.43. The van der Waals surface area contributed by atoms with Gasteiger partial charge in [-0.3, -0.25) is 4.79 Å². The van der Waals surface area contributed by atoms with Crippen LogP contribution in [0.15, 0.2) is 53.0 Å². The van der Waals surface area contributed by atoms with Crippen LogP contribution in [0.2, 0.25) is 5.02 Å². The second-order valence-electron chi connectivity index (χ2n) is 7.35. The van der Waals surface area contributed by atoms with Crippen molar-refractivity contribution in [2.24, 2.45) is 0 Å². The molecule has 1 amide bonds. The second-order valence-corrected chi connectivity index (χ2v) is 8.70. The molecule has 2 aromatic carbocycles. The van der Waals surface area contributed by atoms with Crippen LogP contribution in [0, 0.1) is 0 Å². The number of benzene rings is 2. The summed E-state index contributed by atoms with van der Waals surface area (Å²) in [5.74, 6) is -0.0292. The van der Waals surface area contributed by atoms with Crippen LogP contribution in [0.4, 0.5) is 0 Å². The Bertz CT molecular complexity index is 772. The van der Waals surface area contributed by atoms with Gasteiger partial charge in [0, 0.05) is 34.7 Å². The zero-order chi connectivity index (χ0) is 20.0. The van der Waals surface area contributed by atoms with Gasteiger partial charge in [0.2, 0.25) is 0 Å². The molecule has 1 heterocycles. The van der Waals surface area contributed by atoms with E-state index >= 15 is 0 Å². The summed E-state index contributed by atoms with van der Waals surface area (Å²) in [6, 6.07) is 14.9. The number of unbranched alkanes of at least 4 members (excludes halogenated alkanes) is 1. The third-order valence-corrected chi connectivity index (χ3v) is 6.14. The fourth-order valence-electron chi connectivity index (χ4n) is 3.56. The van der Waals surface area contributed by atoms with Crippen molar-refractivity contribution in [1.82, 2.24) is 10.2 Å². The molecule has 0 unspecified atom stereocenters. The number of likely N-dealkylation sites (tertiary alicyclic amines) is 1. The van der Waals surface area contributed by atoms with E-state index in [1.54, 1.807) is 0 Å². The largest absolute Gasteiger partial charge is 0.385 e. The number of nitrogens with one attached hydrogen (secondary N) is 1. The van der Waals surface area contributed by atoms with E-state index in [0.717, 1.165) is 55.4 Å². The van der Waals surface area contributed by atoms with Gasteiger partial charge in [-0.05, 0) is 74.2 Å². The summed E-state index contributed by atoms with van der Waals surface area (Å²) in [5.41, 5.74) is 0.882. The maximum Gasteiger partial charge on any atom is 0.251 e. The van der Waals surface area contributed by atoms with Crippen LogP contribution in [0.25, 0.3) is 0 Å². The van der Waals surface area contributed by atoms with Crippen LogP contribution in [0.5, 0.6) is 0 Å². The monoisotopic (exact) mass is 464 g/mol. The first-order valence-corrected chi connectivity index (χ1v) is 10.9. The molecule has 0 atom stereocenters. The molecule has 2 N–H and O–H groups in total. The summed E-state index contributed by atoms with van der Waals surface area (Å²) in [6.07, 6.45) is 3.43. The topological polar surface area (TPSA) is 52.6 Å². The highest BCUT2D eigenvalue weighted by atomic mass is 79.9. The second kappa shape index (κ2) is 9.88. The van der Waals surface area contributed by atoms with Gasteiger partial charge >= 0.3 is 0 Å². The van der Waals surface area contributed by atoms with Gasteiger partial charge in [-0.1, -0.05) is 39.7 Å². The van der Waals surface area contributed by atoms with E-state index in [1.165, 1.54) is 0 Å². The van der Waals surface area contributed by atoms with E-state index < -0.39 is 5.60 Å². The maximum absolute atomic E-state index is 12.1. The summed E-state index contributed by atoms with van der Waals surface area (Å²) >= 11 is 9.32. The smallest absolute Gasteiger partial charge is 0.251 e. The summed E-state index contributed by atoms with van der Waals surface area (Å²) < 4.78 is 0.966. The first-order chi connectivity index (χ1) is 13.5. The summed E-state index contributed by atoms with van der Waals surface area (Å²) in [5, 5.41) is 14.6. The number of hydrogen-bond donors (Lipinski definition) is 2. The van der Waals surface area contributed by atoms with Gasteiger partial charge in [-0.25, -0.2) is 0 Å². The highest BCUT2D eigenvalue weighted by Gasteiger charge is 2.33. The molecule has 0 bridgehead atoms. The summed E-state index contributed by atoms with van der Waals surface area (Å²) in [6.45, 7) is 3.43. The average molecular weight is 466 g/mol. The van der Waals surface area contributed by atoms with Crippen LogP contribution in [-0.2, 0) is 5.60 Å². The van der Waals surface area contributed by atoms with E-state index in [-0.39, 0.29) is 5.91 Å². The van der Waals surface area contributed by atoms with Crippen molar-refractivity contribution in [1.29, 1.82) is 0 Å². The van der Waals surface area contributed by atoms with Crippen molar-refractivity contribution in [3.05, 3.63) is 69.2 Å². The van der Waals surface area contributed by atoms with Crippen LogP contribution >= 0.6 is 27.5 Å². The van der Waals surface area contributed by atoms with E-state index in [9.17, 15) is 9.90 Å². The number of halogens is 2. The molecule has 1 aliphatic rings. The maximum atomic E-state index is 12.1. The fraction of sp³-hybridized carbons (Fsp3) is 0.409. The van der Waals surface area contributed by atoms with Crippen molar-refractivity contribution in [3.63, 3.8) is 0 Å². The number of carbonyl (C=O) groups excluding carboxylic acids is 1. The molecule has 0 aromatic heterocycles. The van der Waals surface area contributed by atoms with Gasteiger partial charge < -0.3 is 15.3 Å². The van der Waals surface area contributed by atoms with E-state index in [1.807, 2.05) is 48.5 Å². The van der Waals surface area contributed by atoms with Crippen molar-refractivity contribution < 1.29 is 9.90 Å². The van der Waals surface area contributed by atoms with Crippen LogP contribution in [-0.4, -0.2) is 42.1 Å². The molecular formula is C22H26BrClN2O2. The van der Waals surface area contributed by atoms with Crippen molar-refractivity contribution in [2.45, 2.75) is 31.3 Å². The minimum absolute atomic E-state index is 0.0292. The number of nitrogens with zero attached hydrogens (tertiary/aromatic N) is 1. The highest BCUT2D eigenvalue weighted by molar-refractivity contribution is 9.10. The lowest BCUT2D eigenvalue weighted by molar-refractivity contribution is -0.0260. The van der Waals surface area contributed by atoms with Gasteiger partial charge in [-0.2, -0.15) is 0 Å². The van der Waals surface area contributed by atoms with Crippen LogP contribution in [0.3, 0.4) is 0 Å². The van der Waals surface area contributed by atoms with Crippen LogP contribution < -0.4 is 5.32 Å². The molecule has 3 rings (SSSR count). The molecule has 28 heavy (non-hydrogen) atoms. The molecule has 0 saturated carbocycles. The van der Waals surface area contributed by atoms with Gasteiger partial charge in [0.05, 0.1) is 5.60 Å². The van der Waals surface area contributed by atoms with Gasteiger partial charge in [0.1, 0.15) is 0 Å². The molecule has 0 radical (unpaired) electrons. The molecule has 4 nitrogen and oxygen atoms in total. The van der Waals surface area contributed by atoms with E-state index in [0.29, 0.717) is 17.1 Å². The Morgan fingerprint density at radius 2 is 1.71 bits per heavy atom. The molecule has 150 valence electrons. The third kappa shape index (κ3) is 5.80. The third-order valence-electron chi connectivity index (χ3n) is 5.36. The van der Waals surface area contributed by atoms with Crippen molar-refractivity contribution >= 4 is 33.4 Å². The quantitative estimate of drug-likeness (QED) is 0.588. The molecule has 0 aliphatic carbocycles.